The third kappa shape index (κ3) is 7.17. The van der Waals surface area contributed by atoms with Gasteiger partial charge in [0, 0.05) is 5.41 Å². The van der Waals surface area contributed by atoms with Gasteiger partial charge in [-0.15, -0.1) is 0 Å². The minimum absolute atomic E-state index is 0.0671. The monoisotopic (exact) mass is 282 g/mol. The lowest BCUT2D eigenvalue weighted by Crippen LogP contribution is -2.37. The first-order valence-corrected chi connectivity index (χ1v) is 6.35. The third-order valence-corrected chi connectivity index (χ3v) is 3.07. The summed E-state index contributed by atoms with van der Waals surface area (Å²) in [6.45, 7) is 0.291. The van der Waals surface area contributed by atoms with Crippen LogP contribution in [0.25, 0.3) is 0 Å². The lowest BCUT2D eigenvalue weighted by atomic mass is 9.84. The molecule has 6 N–H and O–H groups in total. The van der Waals surface area contributed by atoms with Crippen molar-refractivity contribution in [3.63, 3.8) is 0 Å². The van der Waals surface area contributed by atoms with Gasteiger partial charge in [0.1, 0.15) is 6.10 Å². The normalized spacial score (nSPS) is 17.2. The van der Waals surface area contributed by atoms with Gasteiger partial charge in [0.05, 0.1) is 45.2 Å². The highest BCUT2D eigenvalue weighted by molar-refractivity contribution is 4.79. The van der Waals surface area contributed by atoms with E-state index >= 15 is 0 Å². The molecule has 0 saturated carbocycles. The van der Waals surface area contributed by atoms with E-state index in [-0.39, 0.29) is 26.1 Å². The van der Waals surface area contributed by atoms with Crippen LogP contribution in [0.5, 0.6) is 0 Å². The number of rotatable bonds is 11. The fourth-order valence-corrected chi connectivity index (χ4v) is 1.50. The Morgan fingerprint density at radius 1 is 0.895 bits per heavy atom. The van der Waals surface area contributed by atoms with Crippen LogP contribution in [0.1, 0.15) is 19.8 Å². The Labute approximate surface area is 113 Å². The zero-order valence-corrected chi connectivity index (χ0v) is 11.3. The Balaban J connectivity index is 4.04. The van der Waals surface area contributed by atoms with Gasteiger partial charge in [0.2, 0.25) is 0 Å². The SMILES string of the molecule is CC(O)COCC(O)C(O)CCC(CO)(CO)CO. The van der Waals surface area contributed by atoms with Crippen LogP contribution in [0.4, 0.5) is 0 Å². The molecule has 0 amide bonds. The summed E-state index contributed by atoms with van der Waals surface area (Å²) in [6.07, 6.45) is -2.56. The van der Waals surface area contributed by atoms with Crippen molar-refractivity contribution in [1.82, 2.24) is 0 Å². The maximum Gasteiger partial charge on any atom is 0.103 e. The first kappa shape index (κ1) is 18.7. The summed E-state index contributed by atoms with van der Waals surface area (Å²) in [6, 6.07) is 0. The first-order valence-electron chi connectivity index (χ1n) is 6.35. The summed E-state index contributed by atoms with van der Waals surface area (Å²) in [5.41, 5.74) is -1.05. The van der Waals surface area contributed by atoms with Crippen LogP contribution in [0.2, 0.25) is 0 Å². The number of hydrogen-bond donors (Lipinski definition) is 6. The van der Waals surface area contributed by atoms with Crippen LogP contribution < -0.4 is 0 Å². The van der Waals surface area contributed by atoms with Crippen molar-refractivity contribution in [2.75, 3.05) is 33.0 Å². The number of hydrogen-bond acceptors (Lipinski definition) is 7. The molecule has 3 unspecified atom stereocenters. The van der Waals surface area contributed by atoms with E-state index in [2.05, 4.69) is 0 Å². The number of aliphatic hydroxyl groups is 6. The van der Waals surface area contributed by atoms with E-state index in [0.29, 0.717) is 0 Å². The maximum atomic E-state index is 9.70. The number of aliphatic hydroxyl groups excluding tert-OH is 6. The van der Waals surface area contributed by atoms with Gasteiger partial charge in [0.15, 0.2) is 0 Å². The highest BCUT2D eigenvalue weighted by Gasteiger charge is 2.30. The van der Waals surface area contributed by atoms with Gasteiger partial charge in [-0.3, -0.25) is 0 Å². The Hall–Kier alpha value is -0.280. The Morgan fingerprint density at radius 3 is 1.84 bits per heavy atom. The van der Waals surface area contributed by atoms with Crippen molar-refractivity contribution in [3.8, 4) is 0 Å². The minimum atomic E-state index is -1.12. The maximum absolute atomic E-state index is 9.70. The predicted octanol–water partition coefficient (Wildman–Crippen LogP) is -2.15. The molecule has 0 rings (SSSR count). The third-order valence-electron chi connectivity index (χ3n) is 3.07. The molecule has 0 bridgehead atoms. The molecule has 0 radical (unpaired) electrons. The Kier molecular flexibility index (Phi) is 9.46. The summed E-state index contributed by atoms with van der Waals surface area (Å²) in [7, 11) is 0. The Morgan fingerprint density at radius 2 is 1.42 bits per heavy atom. The van der Waals surface area contributed by atoms with Crippen molar-refractivity contribution in [3.05, 3.63) is 0 Å². The second-order valence-electron chi connectivity index (χ2n) is 5.03. The molecule has 7 nitrogen and oxygen atoms in total. The van der Waals surface area contributed by atoms with Gasteiger partial charge in [-0.25, -0.2) is 0 Å². The van der Waals surface area contributed by atoms with Gasteiger partial charge in [-0.05, 0) is 19.8 Å². The molecular weight excluding hydrogens is 256 g/mol. The van der Waals surface area contributed by atoms with Crippen LogP contribution in [-0.4, -0.2) is 82.0 Å². The smallest absolute Gasteiger partial charge is 0.103 e. The summed E-state index contributed by atoms with van der Waals surface area (Å²) in [4.78, 5) is 0. The molecule has 0 aliphatic rings. The van der Waals surface area contributed by atoms with Crippen molar-refractivity contribution in [2.24, 2.45) is 5.41 Å². The van der Waals surface area contributed by atoms with E-state index in [1.165, 1.54) is 0 Å². The molecule has 0 fully saturated rings. The average molecular weight is 282 g/mol. The van der Waals surface area contributed by atoms with E-state index in [0.717, 1.165) is 0 Å². The zero-order chi connectivity index (χ0) is 14.9. The Bertz CT molecular complexity index is 210. The van der Waals surface area contributed by atoms with Crippen LogP contribution in [-0.2, 0) is 4.74 Å². The molecule has 0 heterocycles. The molecule has 7 heteroatoms. The second-order valence-corrected chi connectivity index (χ2v) is 5.03. The highest BCUT2D eigenvalue weighted by atomic mass is 16.5. The molecule has 0 aromatic carbocycles. The van der Waals surface area contributed by atoms with Crippen LogP contribution >= 0.6 is 0 Å². The highest BCUT2D eigenvalue weighted by Crippen LogP contribution is 2.23. The summed E-state index contributed by atoms with van der Waals surface area (Å²) in [5.74, 6) is 0. The first-order chi connectivity index (χ1) is 8.90. The van der Waals surface area contributed by atoms with E-state index in [9.17, 15) is 10.2 Å². The molecule has 0 aliphatic heterocycles. The van der Waals surface area contributed by atoms with Crippen molar-refractivity contribution < 1.29 is 35.4 Å². The topological polar surface area (TPSA) is 131 Å². The van der Waals surface area contributed by atoms with Crippen molar-refractivity contribution in [2.45, 2.75) is 38.1 Å². The lowest BCUT2D eigenvalue weighted by molar-refractivity contribution is -0.0657. The molecule has 19 heavy (non-hydrogen) atoms. The fourth-order valence-electron chi connectivity index (χ4n) is 1.50. The molecule has 3 atom stereocenters. The summed E-state index contributed by atoms with van der Waals surface area (Å²) < 4.78 is 4.98. The van der Waals surface area contributed by atoms with Gasteiger partial charge >= 0.3 is 0 Å². The summed E-state index contributed by atoms with van der Waals surface area (Å²) >= 11 is 0. The predicted molar refractivity (Wildman–Crippen MR) is 67.4 cm³/mol. The van der Waals surface area contributed by atoms with Crippen LogP contribution in [0.15, 0.2) is 0 Å². The molecule has 0 aromatic heterocycles. The average Bonchev–Trinajstić information content (AvgIpc) is 2.40. The van der Waals surface area contributed by atoms with E-state index in [4.69, 9.17) is 25.2 Å². The molecule has 0 aliphatic carbocycles. The van der Waals surface area contributed by atoms with Gasteiger partial charge < -0.3 is 35.4 Å². The quantitative estimate of drug-likeness (QED) is 0.255. The van der Waals surface area contributed by atoms with E-state index in [1.54, 1.807) is 6.92 Å². The second kappa shape index (κ2) is 9.60. The van der Waals surface area contributed by atoms with Gasteiger partial charge in [-0.1, -0.05) is 0 Å². The minimum Gasteiger partial charge on any atom is -0.396 e. The molecular formula is C12H26O7. The van der Waals surface area contributed by atoms with Gasteiger partial charge in [-0.2, -0.15) is 0 Å². The van der Waals surface area contributed by atoms with Crippen molar-refractivity contribution >= 4 is 0 Å². The van der Waals surface area contributed by atoms with E-state index < -0.39 is 43.5 Å². The molecule has 116 valence electrons. The zero-order valence-electron chi connectivity index (χ0n) is 11.3. The summed E-state index contributed by atoms with van der Waals surface area (Å²) in [5, 5.41) is 55.6. The lowest BCUT2D eigenvalue weighted by Gasteiger charge is -2.29. The van der Waals surface area contributed by atoms with E-state index in [1.807, 2.05) is 0 Å². The van der Waals surface area contributed by atoms with Gasteiger partial charge in [0.25, 0.3) is 0 Å². The molecule has 0 spiro atoms. The fraction of sp³-hybridized carbons (Fsp3) is 1.00. The number of ether oxygens (including phenoxy) is 1. The van der Waals surface area contributed by atoms with Crippen LogP contribution in [0, 0.1) is 5.41 Å². The molecule has 0 saturated heterocycles. The largest absolute Gasteiger partial charge is 0.396 e. The van der Waals surface area contributed by atoms with Crippen LogP contribution in [0.3, 0.4) is 0 Å². The standard InChI is InChI=1S/C12H26O7/c1-9(16)4-19-5-11(18)10(17)2-3-12(6-13,7-14)8-15/h9-11,13-18H,2-8H2,1H3. The molecule has 0 aromatic rings. The van der Waals surface area contributed by atoms with Crippen molar-refractivity contribution in [1.29, 1.82) is 0 Å².